The van der Waals surface area contributed by atoms with Crippen molar-refractivity contribution >= 4 is 5.91 Å². The number of nitrogens with zero attached hydrogens (tertiary/aromatic N) is 6. The maximum atomic E-state index is 12.0. The van der Waals surface area contributed by atoms with Crippen LogP contribution in [-0.4, -0.2) is 41.7 Å². The van der Waals surface area contributed by atoms with Gasteiger partial charge in [0, 0.05) is 18.9 Å². The van der Waals surface area contributed by atoms with Crippen molar-refractivity contribution in [2.75, 3.05) is 0 Å². The van der Waals surface area contributed by atoms with Crippen LogP contribution in [-0.2, 0) is 17.9 Å². The van der Waals surface area contributed by atoms with Crippen molar-refractivity contribution < 1.29 is 4.79 Å². The number of carbonyl (C=O) groups excluding carboxylic acids is 1. The average Bonchev–Trinajstić information content (AvgIpc) is 2.99. The minimum Gasteiger partial charge on any atom is -0.349 e. The Hall–Kier alpha value is -2.25. The minimum atomic E-state index is -0.114. The van der Waals surface area contributed by atoms with Crippen LogP contribution in [0.25, 0.3) is 0 Å². The number of imidazole rings is 1. The van der Waals surface area contributed by atoms with E-state index in [1.807, 2.05) is 10.8 Å². The topological polar surface area (TPSA) is 90.5 Å². The van der Waals surface area contributed by atoms with Gasteiger partial charge in [0.1, 0.15) is 12.9 Å². The van der Waals surface area contributed by atoms with E-state index >= 15 is 0 Å². The Morgan fingerprint density at radius 3 is 2.70 bits per heavy atom. The SMILES string of the molecule is CC(C)(C)[C@H](Cn1ccnc1)NC(=O)Cn1cnnn1. The van der Waals surface area contributed by atoms with E-state index in [0.717, 1.165) is 0 Å². The molecule has 20 heavy (non-hydrogen) atoms. The Morgan fingerprint density at radius 2 is 2.15 bits per heavy atom. The second kappa shape index (κ2) is 5.81. The highest BCUT2D eigenvalue weighted by atomic mass is 16.2. The second-order valence-electron chi connectivity index (χ2n) is 5.75. The molecule has 1 atom stereocenters. The molecule has 2 aromatic rings. The summed E-state index contributed by atoms with van der Waals surface area (Å²) in [7, 11) is 0. The molecule has 0 bridgehead atoms. The summed E-state index contributed by atoms with van der Waals surface area (Å²) in [4.78, 5) is 16.1. The molecule has 0 fully saturated rings. The number of tetrazole rings is 1. The first-order valence-corrected chi connectivity index (χ1v) is 6.41. The van der Waals surface area contributed by atoms with Crippen molar-refractivity contribution in [3.8, 4) is 0 Å². The van der Waals surface area contributed by atoms with Gasteiger partial charge in [-0.15, -0.1) is 5.10 Å². The number of rotatable bonds is 5. The minimum absolute atomic E-state index is 0.0133. The Balaban J connectivity index is 1.98. The number of amides is 1. The first-order chi connectivity index (χ1) is 9.45. The zero-order valence-corrected chi connectivity index (χ0v) is 11.9. The highest BCUT2D eigenvalue weighted by molar-refractivity contribution is 5.76. The lowest BCUT2D eigenvalue weighted by Crippen LogP contribution is -2.47. The summed E-state index contributed by atoms with van der Waals surface area (Å²) in [5.74, 6) is -0.114. The van der Waals surface area contributed by atoms with E-state index in [0.29, 0.717) is 6.54 Å². The Bertz CT molecular complexity index is 527. The molecule has 0 aliphatic heterocycles. The van der Waals surface area contributed by atoms with E-state index in [2.05, 4.69) is 46.6 Å². The van der Waals surface area contributed by atoms with Crippen molar-refractivity contribution in [1.29, 1.82) is 0 Å². The maximum Gasteiger partial charge on any atom is 0.242 e. The van der Waals surface area contributed by atoms with E-state index in [1.165, 1.54) is 11.0 Å². The van der Waals surface area contributed by atoms with Crippen molar-refractivity contribution in [2.45, 2.75) is 39.9 Å². The van der Waals surface area contributed by atoms with E-state index in [-0.39, 0.29) is 23.9 Å². The number of hydrogen-bond acceptors (Lipinski definition) is 5. The van der Waals surface area contributed by atoms with Crippen LogP contribution >= 0.6 is 0 Å². The monoisotopic (exact) mass is 277 g/mol. The second-order valence-corrected chi connectivity index (χ2v) is 5.75. The molecule has 0 aliphatic carbocycles. The standard InChI is InChI=1S/C12H19N7O/c1-12(2,3)10(6-18-5-4-13-8-18)15-11(20)7-19-9-14-16-17-19/h4-5,8-10H,6-7H2,1-3H3,(H,15,20)/t10-/m0/s1. The van der Waals surface area contributed by atoms with Crippen LogP contribution in [0.4, 0.5) is 0 Å². The third kappa shape index (κ3) is 3.87. The molecule has 8 heteroatoms. The predicted molar refractivity (Wildman–Crippen MR) is 71.4 cm³/mol. The fourth-order valence-corrected chi connectivity index (χ4v) is 1.78. The Kier molecular flexibility index (Phi) is 4.11. The molecule has 0 aromatic carbocycles. The van der Waals surface area contributed by atoms with Gasteiger partial charge in [0.15, 0.2) is 0 Å². The molecule has 108 valence electrons. The van der Waals surface area contributed by atoms with Gasteiger partial charge in [0.2, 0.25) is 5.91 Å². The van der Waals surface area contributed by atoms with Gasteiger partial charge >= 0.3 is 0 Å². The third-order valence-corrected chi connectivity index (χ3v) is 3.03. The lowest BCUT2D eigenvalue weighted by atomic mass is 9.86. The van der Waals surface area contributed by atoms with Gasteiger partial charge in [-0.05, 0) is 15.8 Å². The Morgan fingerprint density at radius 1 is 1.35 bits per heavy atom. The molecule has 0 radical (unpaired) electrons. The maximum absolute atomic E-state index is 12.0. The third-order valence-electron chi connectivity index (χ3n) is 3.03. The van der Waals surface area contributed by atoms with Crippen LogP contribution in [0, 0.1) is 5.41 Å². The fourth-order valence-electron chi connectivity index (χ4n) is 1.78. The summed E-state index contributed by atoms with van der Waals surface area (Å²) in [6, 6.07) is -0.0133. The number of hydrogen-bond donors (Lipinski definition) is 1. The van der Waals surface area contributed by atoms with Crippen LogP contribution in [0.15, 0.2) is 25.0 Å². The molecule has 0 saturated heterocycles. The van der Waals surface area contributed by atoms with Gasteiger partial charge in [0.25, 0.3) is 0 Å². The molecule has 0 aliphatic rings. The summed E-state index contributed by atoms with van der Waals surface area (Å²) in [5.41, 5.74) is -0.0689. The largest absolute Gasteiger partial charge is 0.349 e. The predicted octanol–water partition coefficient (Wildman–Crippen LogP) is 0.101. The summed E-state index contributed by atoms with van der Waals surface area (Å²) < 4.78 is 3.35. The van der Waals surface area contributed by atoms with E-state index in [1.54, 1.807) is 12.5 Å². The van der Waals surface area contributed by atoms with E-state index < -0.39 is 0 Å². The van der Waals surface area contributed by atoms with Gasteiger partial charge in [-0.3, -0.25) is 4.79 Å². The fraction of sp³-hybridized carbons (Fsp3) is 0.583. The molecule has 2 rings (SSSR count). The lowest BCUT2D eigenvalue weighted by Gasteiger charge is -2.31. The average molecular weight is 277 g/mol. The molecule has 0 unspecified atom stereocenters. The van der Waals surface area contributed by atoms with Crippen molar-refractivity contribution in [2.24, 2.45) is 5.41 Å². The first kappa shape index (κ1) is 14.2. The van der Waals surface area contributed by atoms with Crippen molar-refractivity contribution in [3.63, 3.8) is 0 Å². The smallest absolute Gasteiger partial charge is 0.242 e. The number of aromatic nitrogens is 6. The summed E-state index contributed by atoms with van der Waals surface area (Å²) in [6.45, 7) is 7.05. The summed E-state index contributed by atoms with van der Waals surface area (Å²) in [6.07, 6.45) is 6.77. The van der Waals surface area contributed by atoms with Crippen LogP contribution in [0.1, 0.15) is 20.8 Å². The number of nitrogens with one attached hydrogen (secondary N) is 1. The molecule has 1 N–H and O–H groups in total. The van der Waals surface area contributed by atoms with Gasteiger partial charge < -0.3 is 9.88 Å². The van der Waals surface area contributed by atoms with Gasteiger partial charge in [-0.2, -0.15) is 0 Å². The van der Waals surface area contributed by atoms with Gasteiger partial charge in [-0.25, -0.2) is 9.67 Å². The molecule has 0 spiro atoms. The molecular weight excluding hydrogens is 258 g/mol. The van der Waals surface area contributed by atoms with Crippen LogP contribution in [0.5, 0.6) is 0 Å². The van der Waals surface area contributed by atoms with Crippen molar-refractivity contribution in [1.82, 2.24) is 35.1 Å². The summed E-state index contributed by atoms with van der Waals surface area (Å²) >= 11 is 0. The quantitative estimate of drug-likeness (QED) is 0.837. The normalized spacial score (nSPS) is 13.2. The molecular formula is C12H19N7O. The van der Waals surface area contributed by atoms with Crippen LogP contribution in [0.3, 0.4) is 0 Å². The molecule has 0 saturated carbocycles. The zero-order chi connectivity index (χ0) is 14.6. The molecule has 1 amide bonds. The molecule has 2 aromatic heterocycles. The molecule has 2 heterocycles. The summed E-state index contributed by atoms with van der Waals surface area (Å²) in [5, 5.41) is 13.7. The van der Waals surface area contributed by atoms with Crippen LogP contribution < -0.4 is 5.32 Å². The lowest BCUT2D eigenvalue weighted by molar-refractivity contribution is -0.123. The van der Waals surface area contributed by atoms with E-state index in [9.17, 15) is 4.79 Å². The van der Waals surface area contributed by atoms with E-state index in [4.69, 9.17) is 0 Å². The van der Waals surface area contributed by atoms with Gasteiger partial charge in [-0.1, -0.05) is 20.8 Å². The van der Waals surface area contributed by atoms with Crippen molar-refractivity contribution in [3.05, 3.63) is 25.0 Å². The Labute approximate surface area is 117 Å². The van der Waals surface area contributed by atoms with Gasteiger partial charge in [0.05, 0.1) is 12.4 Å². The first-order valence-electron chi connectivity index (χ1n) is 6.41. The highest BCUT2D eigenvalue weighted by Gasteiger charge is 2.26. The zero-order valence-electron chi connectivity index (χ0n) is 11.9. The van der Waals surface area contributed by atoms with Crippen LogP contribution in [0.2, 0.25) is 0 Å². The molecule has 8 nitrogen and oxygen atoms in total. The highest BCUT2D eigenvalue weighted by Crippen LogP contribution is 2.20. The number of carbonyl (C=O) groups is 1.